The fourth-order valence-electron chi connectivity index (χ4n) is 2.33. The van der Waals surface area contributed by atoms with Crippen LogP contribution in [0.15, 0.2) is 18.2 Å². The van der Waals surface area contributed by atoms with E-state index in [4.69, 9.17) is 19.9 Å². The summed E-state index contributed by atoms with van der Waals surface area (Å²) in [6, 6.07) is 6.07. The zero-order valence-electron chi connectivity index (χ0n) is 11.6. The topological polar surface area (TPSA) is 53.7 Å². The minimum Gasteiger partial charge on any atom is -0.493 e. The van der Waals surface area contributed by atoms with Gasteiger partial charge in [0, 0.05) is 6.42 Å². The predicted molar refractivity (Wildman–Crippen MR) is 74.8 cm³/mol. The molecule has 19 heavy (non-hydrogen) atoms. The lowest BCUT2D eigenvalue weighted by atomic mass is 10.1. The Labute approximate surface area is 114 Å². The van der Waals surface area contributed by atoms with E-state index in [0.29, 0.717) is 6.61 Å². The van der Waals surface area contributed by atoms with Crippen molar-refractivity contribution in [1.29, 1.82) is 0 Å². The highest BCUT2D eigenvalue weighted by atomic mass is 16.6. The molecule has 2 N–H and O–H groups in total. The molecule has 1 aliphatic heterocycles. The van der Waals surface area contributed by atoms with E-state index in [1.807, 2.05) is 12.1 Å². The molecule has 106 valence electrons. The highest BCUT2D eigenvalue weighted by molar-refractivity contribution is 5.46. The zero-order chi connectivity index (χ0) is 13.5. The Hall–Kier alpha value is -1.26. The van der Waals surface area contributed by atoms with Crippen molar-refractivity contribution in [2.24, 2.45) is 5.73 Å². The van der Waals surface area contributed by atoms with Gasteiger partial charge in [0.15, 0.2) is 11.5 Å². The van der Waals surface area contributed by atoms with E-state index in [1.54, 1.807) is 7.11 Å². The lowest BCUT2D eigenvalue weighted by Gasteiger charge is -2.17. The highest BCUT2D eigenvalue weighted by Gasteiger charge is 2.19. The monoisotopic (exact) mass is 265 g/mol. The SMILES string of the molecule is COc1c(CCCCN)cccc1OC1CCOC1. The molecule has 1 unspecified atom stereocenters. The van der Waals surface area contributed by atoms with E-state index >= 15 is 0 Å². The highest BCUT2D eigenvalue weighted by Crippen LogP contribution is 2.33. The van der Waals surface area contributed by atoms with E-state index in [1.165, 1.54) is 5.56 Å². The van der Waals surface area contributed by atoms with Crippen molar-refractivity contribution >= 4 is 0 Å². The van der Waals surface area contributed by atoms with Gasteiger partial charge in [0.1, 0.15) is 6.10 Å². The number of methoxy groups -OCH3 is 1. The van der Waals surface area contributed by atoms with Crippen molar-refractivity contribution in [3.05, 3.63) is 23.8 Å². The number of unbranched alkanes of at least 4 members (excludes halogenated alkanes) is 1. The first kappa shape index (κ1) is 14.2. The molecule has 4 nitrogen and oxygen atoms in total. The van der Waals surface area contributed by atoms with Crippen molar-refractivity contribution in [3.63, 3.8) is 0 Å². The Morgan fingerprint density at radius 1 is 1.37 bits per heavy atom. The van der Waals surface area contributed by atoms with Crippen LogP contribution in [0, 0.1) is 0 Å². The van der Waals surface area contributed by atoms with Gasteiger partial charge in [0.05, 0.1) is 20.3 Å². The summed E-state index contributed by atoms with van der Waals surface area (Å²) in [5.74, 6) is 1.68. The first-order chi connectivity index (χ1) is 9.35. The van der Waals surface area contributed by atoms with E-state index in [0.717, 1.165) is 50.3 Å². The van der Waals surface area contributed by atoms with Crippen molar-refractivity contribution < 1.29 is 14.2 Å². The zero-order valence-corrected chi connectivity index (χ0v) is 11.6. The molecule has 0 spiro atoms. The third kappa shape index (κ3) is 3.85. The Balaban J connectivity index is 2.06. The largest absolute Gasteiger partial charge is 0.493 e. The van der Waals surface area contributed by atoms with Crippen LogP contribution in [0.1, 0.15) is 24.8 Å². The molecule has 1 aliphatic rings. The molecular weight excluding hydrogens is 242 g/mol. The second-order valence-electron chi connectivity index (χ2n) is 4.80. The van der Waals surface area contributed by atoms with Gasteiger partial charge in [-0.2, -0.15) is 0 Å². The van der Waals surface area contributed by atoms with Crippen LogP contribution in [0.25, 0.3) is 0 Å². The van der Waals surface area contributed by atoms with Crippen LogP contribution in [-0.4, -0.2) is 33.0 Å². The molecular formula is C15H23NO3. The second-order valence-corrected chi connectivity index (χ2v) is 4.80. The number of para-hydroxylation sites is 1. The van der Waals surface area contributed by atoms with Crippen molar-refractivity contribution in [1.82, 2.24) is 0 Å². The molecule has 2 rings (SSSR count). The van der Waals surface area contributed by atoms with Crippen molar-refractivity contribution in [2.45, 2.75) is 31.8 Å². The van der Waals surface area contributed by atoms with Crippen molar-refractivity contribution in [2.75, 3.05) is 26.9 Å². The van der Waals surface area contributed by atoms with Gasteiger partial charge in [-0.1, -0.05) is 12.1 Å². The average Bonchev–Trinajstić information content (AvgIpc) is 2.92. The maximum atomic E-state index is 5.97. The minimum absolute atomic E-state index is 0.146. The van der Waals surface area contributed by atoms with Crippen LogP contribution in [0.4, 0.5) is 0 Å². The van der Waals surface area contributed by atoms with Crippen LogP contribution in [0.5, 0.6) is 11.5 Å². The molecule has 0 bridgehead atoms. The van der Waals surface area contributed by atoms with Crippen molar-refractivity contribution in [3.8, 4) is 11.5 Å². The molecule has 1 aromatic rings. The van der Waals surface area contributed by atoms with Gasteiger partial charge >= 0.3 is 0 Å². The summed E-state index contributed by atoms with van der Waals surface area (Å²) < 4.78 is 16.8. The Kier molecular flexibility index (Phi) is 5.48. The molecule has 1 saturated heterocycles. The number of nitrogens with two attached hydrogens (primary N) is 1. The second kappa shape index (κ2) is 7.36. The summed E-state index contributed by atoms with van der Waals surface area (Å²) in [6.45, 7) is 2.18. The lowest BCUT2D eigenvalue weighted by molar-refractivity contribution is 0.138. The van der Waals surface area contributed by atoms with Crippen LogP contribution in [0.3, 0.4) is 0 Å². The molecule has 0 amide bonds. The predicted octanol–water partition coefficient (Wildman–Crippen LogP) is 2.14. The molecule has 0 aliphatic carbocycles. The number of hydrogen-bond donors (Lipinski definition) is 1. The minimum atomic E-state index is 0.146. The van der Waals surface area contributed by atoms with Gasteiger partial charge in [-0.25, -0.2) is 0 Å². The lowest BCUT2D eigenvalue weighted by Crippen LogP contribution is -2.16. The molecule has 0 radical (unpaired) electrons. The van der Waals surface area contributed by atoms with Crippen LogP contribution in [0.2, 0.25) is 0 Å². The molecule has 1 atom stereocenters. The number of ether oxygens (including phenoxy) is 3. The number of benzene rings is 1. The van der Waals surface area contributed by atoms with E-state index in [-0.39, 0.29) is 6.10 Å². The molecule has 1 fully saturated rings. The van der Waals surface area contributed by atoms with Crippen LogP contribution in [-0.2, 0) is 11.2 Å². The fraction of sp³-hybridized carbons (Fsp3) is 0.600. The summed E-state index contributed by atoms with van der Waals surface area (Å²) >= 11 is 0. The molecule has 0 aromatic heterocycles. The summed E-state index contributed by atoms with van der Waals surface area (Å²) in [5.41, 5.74) is 6.72. The van der Waals surface area contributed by atoms with Gasteiger partial charge in [-0.05, 0) is 37.4 Å². The maximum Gasteiger partial charge on any atom is 0.163 e. The van der Waals surface area contributed by atoms with E-state index in [2.05, 4.69) is 6.07 Å². The average molecular weight is 265 g/mol. The Morgan fingerprint density at radius 3 is 2.95 bits per heavy atom. The quantitative estimate of drug-likeness (QED) is 0.767. The third-order valence-corrected chi connectivity index (χ3v) is 3.35. The standard InChI is InChI=1S/C15H23NO3/c1-17-15-12(5-2-3-9-16)6-4-7-14(15)19-13-8-10-18-11-13/h4,6-7,13H,2-3,5,8-11,16H2,1H3. The first-order valence-electron chi connectivity index (χ1n) is 6.95. The summed E-state index contributed by atoms with van der Waals surface area (Å²) in [7, 11) is 1.69. The first-order valence-corrected chi connectivity index (χ1v) is 6.95. The number of aryl methyl sites for hydroxylation is 1. The Morgan fingerprint density at radius 2 is 2.26 bits per heavy atom. The van der Waals surface area contributed by atoms with E-state index in [9.17, 15) is 0 Å². The maximum absolute atomic E-state index is 5.97. The fourth-order valence-corrected chi connectivity index (χ4v) is 2.33. The summed E-state index contributed by atoms with van der Waals surface area (Å²) in [4.78, 5) is 0. The van der Waals surface area contributed by atoms with Crippen LogP contribution >= 0.6 is 0 Å². The summed E-state index contributed by atoms with van der Waals surface area (Å²) in [5, 5.41) is 0. The Bertz CT molecular complexity index is 389. The molecule has 4 heteroatoms. The molecule has 1 aromatic carbocycles. The normalized spacial score (nSPS) is 18.5. The van der Waals surface area contributed by atoms with Crippen LogP contribution < -0.4 is 15.2 Å². The number of hydrogen-bond acceptors (Lipinski definition) is 4. The molecule has 1 heterocycles. The van der Waals surface area contributed by atoms with Gasteiger partial charge in [-0.3, -0.25) is 0 Å². The smallest absolute Gasteiger partial charge is 0.163 e. The number of rotatable bonds is 7. The van der Waals surface area contributed by atoms with Gasteiger partial charge in [0.25, 0.3) is 0 Å². The van der Waals surface area contributed by atoms with Gasteiger partial charge in [-0.15, -0.1) is 0 Å². The molecule has 0 saturated carbocycles. The van der Waals surface area contributed by atoms with Gasteiger partial charge < -0.3 is 19.9 Å². The van der Waals surface area contributed by atoms with Gasteiger partial charge in [0.2, 0.25) is 0 Å². The summed E-state index contributed by atoms with van der Waals surface area (Å²) in [6.07, 6.45) is 4.17. The third-order valence-electron chi connectivity index (χ3n) is 3.35. The van der Waals surface area contributed by atoms with E-state index < -0.39 is 0 Å².